The molecule has 9 heteroatoms. The van der Waals surface area contributed by atoms with Crippen LogP contribution in [0.2, 0.25) is 0 Å². The lowest BCUT2D eigenvalue weighted by atomic mass is 10.0. The second-order valence-corrected chi connectivity index (χ2v) is 8.35. The number of hydrogen-bond acceptors (Lipinski definition) is 5. The molecule has 2 rings (SSSR count). The van der Waals surface area contributed by atoms with Gasteiger partial charge >= 0.3 is 6.09 Å². The van der Waals surface area contributed by atoms with Crippen LogP contribution >= 0.6 is 0 Å². The smallest absolute Gasteiger partial charge is 0.409 e. The quantitative estimate of drug-likeness (QED) is 0.463. The normalized spacial score (nSPS) is 14.8. The van der Waals surface area contributed by atoms with Crippen LogP contribution in [-0.4, -0.2) is 61.0 Å². The molecule has 0 bridgehead atoms. The van der Waals surface area contributed by atoms with Crippen LogP contribution in [0.5, 0.6) is 0 Å². The Labute approximate surface area is 195 Å². The van der Waals surface area contributed by atoms with Gasteiger partial charge in [-0.1, -0.05) is 29.8 Å². The predicted molar refractivity (Wildman–Crippen MR) is 124 cm³/mol. The summed E-state index contributed by atoms with van der Waals surface area (Å²) in [4.78, 5) is 49.5. The molecular weight excluding hydrogens is 424 g/mol. The van der Waals surface area contributed by atoms with Crippen molar-refractivity contribution in [3.63, 3.8) is 0 Å². The van der Waals surface area contributed by atoms with Gasteiger partial charge in [-0.2, -0.15) is 0 Å². The van der Waals surface area contributed by atoms with Crippen LogP contribution in [0.25, 0.3) is 0 Å². The van der Waals surface area contributed by atoms with Crippen molar-refractivity contribution in [3.8, 4) is 0 Å². The first-order valence-electron chi connectivity index (χ1n) is 11.6. The first-order chi connectivity index (χ1) is 15.8. The maximum atomic E-state index is 12.4. The summed E-state index contributed by atoms with van der Waals surface area (Å²) in [6.45, 7) is 7.05. The SMILES string of the molecule is CCOC(=O)N1CCC(NC(=O)CCCNC(=O)CC(NC(C)=O)c2ccc(C)cc2)CC1. The number of carbonyl (C=O) groups is 4. The largest absolute Gasteiger partial charge is 0.450 e. The van der Waals surface area contributed by atoms with Gasteiger partial charge in [0.25, 0.3) is 0 Å². The molecule has 9 nitrogen and oxygen atoms in total. The Bertz CT molecular complexity index is 804. The second kappa shape index (κ2) is 13.4. The van der Waals surface area contributed by atoms with Gasteiger partial charge in [0.2, 0.25) is 17.7 Å². The van der Waals surface area contributed by atoms with E-state index in [4.69, 9.17) is 4.74 Å². The lowest BCUT2D eigenvalue weighted by molar-refractivity contribution is -0.124. The third-order valence-corrected chi connectivity index (χ3v) is 5.54. The number of aryl methyl sites for hydroxylation is 1. The van der Waals surface area contributed by atoms with Gasteiger partial charge in [0.05, 0.1) is 19.1 Å². The van der Waals surface area contributed by atoms with Gasteiger partial charge in [0.1, 0.15) is 0 Å². The monoisotopic (exact) mass is 460 g/mol. The third kappa shape index (κ3) is 9.51. The molecule has 1 aliphatic heterocycles. The van der Waals surface area contributed by atoms with Crippen molar-refractivity contribution in [2.45, 2.75) is 65.0 Å². The molecule has 1 atom stereocenters. The highest BCUT2D eigenvalue weighted by Crippen LogP contribution is 2.17. The fourth-order valence-electron chi connectivity index (χ4n) is 3.75. The Hall–Kier alpha value is -3.10. The molecule has 1 saturated heterocycles. The van der Waals surface area contributed by atoms with E-state index >= 15 is 0 Å². The minimum absolute atomic E-state index is 0.0469. The molecule has 1 heterocycles. The van der Waals surface area contributed by atoms with E-state index in [-0.39, 0.29) is 36.3 Å². The lowest BCUT2D eigenvalue weighted by Gasteiger charge is -2.31. The van der Waals surface area contributed by atoms with E-state index in [1.807, 2.05) is 31.2 Å². The number of carbonyl (C=O) groups excluding carboxylic acids is 4. The van der Waals surface area contributed by atoms with Gasteiger partial charge in [-0.05, 0) is 38.7 Å². The van der Waals surface area contributed by atoms with Crippen molar-refractivity contribution >= 4 is 23.8 Å². The number of piperidine rings is 1. The van der Waals surface area contributed by atoms with Crippen molar-refractivity contribution in [1.82, 2.24) is 20.9 Å². The number of ether oxygens (including phenoxy) is 1. The Morgan fingerprint density at radius 3 is 2.36 bits per heavy atom. The summed E-state index contributed by atoms with van der Waals surface area (Å²) in [5, 5.41) is 8.65. The average molecular weight is 461 g/mol. The van der Waals surface area contributed by atoms with Crippen LogP contribution in [-0.2, 0) is 19.1 Å². The lowest BCUT2D eigenvalue weighted by Crippen LogP contribution is -2.46. The molecule has 0 radical (unpaired) electrons. The number of hydrogen-bond donors (Lipinski definition) is 3. The summed E-state index contributed by atoms with van der Waals surface area (Å²) in [6.07, 6.45) is 2.06. The minimum Gasteiger partial charge on any atom is -0.450 e. The van der Waals surface area contributed by atoms with Gasteiger partial charge in [0.15, 0.2) is 0 Å². The number of nitrogens with one attached hydrogen (secondary N) is 3. The van der Waals surface area contributed by atoms with E-state index in [1.165, 1.54) is 6.92 Å². The fraction of sp³-hybridized carbons (Fsp3) is 0.583. The van der Waals surface area contributed by atoms with E-state index in [2.05, 4.69) is 16.0 Å². The molecule has 182 valence electrons. The molecule has 1 aliphatic rings. The molecule has 1 aromatic rings. The molecule has 1 fully saturated rings. The van der Waals surface area contributed by atoms with Crippen molar-refractivity contribution in [1.29, 1.82) is 0 Å². The summed E-state index contributed by atoms with van der Waals surface area (Å²) in [5.74, 6) is -0.436. The predicted octanol–water partition coefficient (Wildman–Crippen LogP) is 2.20. The molecule has 0 saturated carbocycles. The first kappa shape index (κ1) is 26.2. The Kier molecular flexibility index (Phi) is 10.7. The van der Waals surface area contributed by atoms with E-state index in [1.54, 1.807) is 11.8 Å². The van der Waals surface area contributed by atoms with Gasteiger partial charge in [-0.25, -0.2) is 4.79 Å². The molecule has 33 heavy (non-hydrogen) atoms. The van der Waals surface area contributed by atoms with E-state index in [0.29, 0.717) is 51.9 Å². The number of likely N-dealkylation sites (tertiary alicyclic amines) is 1. The maximum absolute atomic E-state index is 12.4. The Balaban J connectivity index is 1.66. The van der Waals surface area contributed by atoms with Crippen molar-refractivity contribution in [3.05, 3.63) is 35.4 Å². The van der Waals surface area contributed by atoms with Crippen LogP contribution < -0.4 is 16.0 Å². The zero-order valence-corrected chi connectivity index (χ0v) is 19.8. The summed E-state index contributed by atoms with van der Waals surface area (Å²) in [7, 11) is 0. The summed E-state index contributed by atoms with van der Waals surface area (Å²) in [5.41, 5.74) is 1.98. The molecule has 0 aliphatic carbocycles. The van der Waals surface area contributed by atoms with Crippen LogP contribution in [0, 0.1) is 6.92 Å². The van der Waals surface area contributed by atoms with Gasteiger partial charge < -0.3 is 25.6 Å². The summed E-state index contributed by atoms with van der Waals surface area (Å²) >= 11 is 0. The van der Waals surface area contributed by atoms with Crippen LogP contribution in [0.15, 0.2) is 24.3 Å². The van der Waals surface area contributed by atoms with Crippen LogP contribution in [0.3, 0.4) is 0 Å². The van der Waals surface area contributed by atoms with Crippen LogP contribution in [0.4, 0.5) is 4.79 Å². The molecule has 3 N–H and O–H groups in total. The molecule has 0 aromatic heterocycles. The van der Waals surface area contributed by atoms with Crippen LogP contribution in [0.1, 0.15) is 63.1 Å². The first-order valence-corrected chi connectivity index (χ1v) is 11.6. The van der Waals surface area contributed by atoms with E-state index < -0.39 is 6.04 Å². The van der Waals surface area contributed by atoms with Crippen molar-refractivity contribution in [2.24, 2.45) is 0 Å². The Morgan fingerprint density at radius 2 is 1.76 bits per heavy atom. The van der Waals surface area contributed by atoms with E-state index in [0.717, 1.165) is 11.1 Å². The second-order valence-electron chi connectivity index (χ2n) is 8.35. The number of amides is 4. The average Bonchev–Trinajstić information content (AvgIpc) is 2.77. The zero-order valence-electron chi connectivity index (χ0n) is 19.8. The van der Waals surface area contributed by atoms with Gasteiger partial charge in [-0.15, -0.1) is 0 Å². The van der Waals surface area contributed by atoms with Crippen molar-refractivity contribution < 1.29 is 23.9 Å². The summed E-state index contributed by atoms with van der Waals surface area (Å²) in [6, 6.07) is 7.36. The number of benzene rings is 1. The molecule has 4 amide bonds. The fourth-order valence-corrected chi connectivity index (χ4v) is 3.75. The number of rotatable bonds is 10. The topological polar surface area (TPSA) is 117 Å². The van der Waals surface area contributed by atoms with E-state index in [9.17, 15) is 19.2 Å². The van der Waals surface area contributed by atoms with Gasteiger partial charge in [-0.3, -0.25) is 14.4 Å². The molecule has 0 spiro atoms. The highest BCUT2D eigenvalue weighted by atomic mass is 16.6. The number of nitrogens with zero attached hydrogens (tertiary/aromatic N) is 1. The zero-order chi connectivity index (χ0) is 24.2. The van der Waals surface area contributed by atoms with Gasteiger partial charge in [0, 0.05) is 39.0 Å². The Morgan fingerprint density at radius 1 is 1.09 bits per heavy atom. The standard InChI is InChI=1S/C24H36N4O5/c1-4-33-24(32)28-14-11-20(12-15-28)27-22(30)6-5-13-25-23(31)16-21(26-18(3)29)19-9-7-17(2)8-10-19/h7-10,20-21H,4-6,11-16H2,1-3H3,(H,25,31)(H,26,29)(H,27,30). The molecular formula is C24H36N4O5. The minimum atomic E-state index is -0.396. The summed E-state index contributed by atoms with van der Waals surface area (Å²) < 4.78 is 5.00. The third-order valence-electron chi connectivity index (χ3n) is 5.54. The van der Waals surface area contributed by atoms with Crippen molar-refractivity contribution in [2.75, 3.05) is 26.2 Å². The molecule has 1 aromatic carbocycles. The molecule has 1 unspecified atom stereocenters. The maximum Gasteiger partial charge on any atom is 0.409 e. The highest BCUT2D eigenvalue weighted by Gasteiger charge is 2.24. The highest BCUT2D eigenvalue weighted by molar-refractivity contribution is 5.79.